The lowest BCUT2D eigenvalue weighted by Crippen LogP contribution is -2.28. The molecule has 0 atom stereocenters. The van der Waals surface area contributed by atoms with Crippen LogP contribution in [0.25, 0.3) is 0 Å². The molecule has 7 heteroatoms. The Bertz CT molecular complexity index is 586. The molecule has 0 aliphatic heterocycles. The first-order valence-corrected chi connectivity index (χ1v) is 8.37. The van der Waals surface area contributed by atoms with E-state index in [9.17, 15) is 13.2 Å². The number of amides is 1. The van der Waals surface area contributed by atoms with E-state index in [0.717, 1.165) is 0 Å². The summed E-state index contributed by atoms with van der Waals surface area (Å²) >= 11 is 0. The molecular weight excluding hydrogens is 302 g/mol. The lowest BCUT2D eigenvalue weighted by molar-refractivity contribution is 0.0779. The van der Waals surface area contributed by atoms with Crippen molar-refractivity contribution in [2.75, 3.05) is 27.3 Å². The molecule has 0 N–H and O–H groups in total. The first kappa shape index (κ1) is 16.9. The van der Waals surface area contributed by atoms with Gasteiger partial charge in [-0.15, -0.1) is 0 Å². The molecule has 0 unspecified atom stereocenters. The Balaban J connectivity index is 2.96. The zero-order valence-electron chi connectivity index (χ0n) is 11.7. The monoisotopic (exact) mass is 319 g/mol. The van der Waals surface area contributed by atoms with Crippen LogP contribution in [0.4, 0.5) is 0 Å². The molecule has 112 valence electrons. The second-order valence-electron chi connectivity index (χ2n) is 4.55. The lowest BCUT2D eigenvalue weighted by Gasteiger charge is -2.17. The van der Waals surface area contributed by atoms with Crippen LogP contribution in [-0.2, 0) is 13.8 Å². The summed E-state index contributed by atoms with van der Waals surface area (Å²) in [5.41, 5.74) is 0.976. The summed E-state index contributed by atoms with van der Waals surface area (Å²) in [6, 6.07) is 4.37. The van der Waals surface area contributed by atoms with Gasteiger partial charge in [0, 0.05) is 43.6 Å². The van der Waals surface area contributed by atoms with Gasteiger partial charge in [-0.3, -0.25) is 4.79 Å². The SMILES string of the molecule is COCCCN(C)C(=O)c1cc(C)cc(S(=O)(=O)Cl)c1. The third-order valence-corrected chi connectivity index (χ3v) is 4.10. The largest absolute Gasteiger partial charge is 0.385 e. The highest BCUT2D eigenvalue weighted by atomic mass is 35.7. The molecule has 0 fully saturated rings. The normalized spacial score (nSPS) is 11.4. The van der Waals surface area contributed by atoms with Gasteiger partial charge in [-0.05, 0) is 37.1 Å². The van der Waals surface area contributed by atoms with Crippen LogP contribution in [0, 0.1) is 6.92 Å². The molecule has 1 amide bonds. The first-order chi connectivity index (χ1) is 9.25. The number of hydrogen-bond acceptors (Lipinski definition) is 4. The Morgan fingerprint density at radius 1 is 1.35 bits per heavy atom. The fraction of sp³-hybridized carbons (Fsp3) is 0.462. The maximum absolute atomic E-state index is 12.2. The van der Waals surface area contributed by atoms with Crippen molar-refractivity contribution >= 4 is 25.6 Å². The van der Waals surface area contributed by atoms with Crippen LogP contribution >= 0.6 is 10.7 Å². The number of ether oxygens (including phenoxy) is 1. The van der Waals surface area contributed by atoms with Crippen LogP contribution in [0.1, 0.15) is 22.3 Å². The van der Waals surface area contributed by atoms with E-state index in [0.29, 0.717) is 30.7 Å². The predicted octanol–water partition coefficient (Wildman–Crippen LogP) is 2.03. The number of rotatable bonds is 6. The Morgan fingerprint density at radius 2 is 2.00 bits per heavy atom. The maximum Gasteiger partial charge on any atom is 0.261 e. The van der Waals surface area contributed by atoms with Crippen molar-refractivity contribution in [3.05, 3.63) is 29.3 Å². The summed E-state index contributed by atoms with van der Waals surface area (Å²) < 4.78 is 27.7. The van der Waals surface area contributed by atoms with E-state index in [-0.39, 0.29) is 10.8 Å². The van der Waals surface area contributed by atoms with Crippen LogP contribution in [0.5, 0.6) is 0 Å². The molecule has 0 saturated carbocycles. The molecule has 0 radical (unpaired) electrons. The summed E-state index contributed by atoms with van der Waals surface area (Å²) in [6.07, 6.45) is 0.714. The topological polar surface area (TPSA) is 63.7 Å². The van der Waals surface area contributed by atoms with Crippen molar-refractivity contribution in [2.24, 2.45) is 0 Å². The number of halogens is 1. The highest BCUT2D eigenvalue weighted by molar-refractivity contribution is 8.13. The highest BCUT2D eigenvalue weighted by Gasteiger charge is 2.17. The summed E-state index contributed by atoms with van der Waals surface area (Å²) in [5, 5.41) is 0. The molecule has 0 saturated heterocycles. The summed E-state index contributed by atoms with van der Waals surface area (Å²) in [6.45, 7) is 2.81. The van der Waals surface area contributed by atoms with E-state index >= 15 is 0 Å². The summed E-state index contributed by atoms with van der Waals surface area (Å²) in [7, 11) is 4.73. The molecule has 0 heterocycles. The van der Waals surface area contributed by atoms with Crippen molar-refractivity contribution in [2.45, 2.75) is 18.2 Å². The zero-order chi connectivity index (χ0) is 15.3. The van der Waals surface area contributed by atoms with E-state index in [1.165, 1.54) is 17.0 Å². The average Bonchev–Trinajstić information content (AvgIpc) is 2.36. The Hall–Kier alpha value is -1.11. The molecule has 1 aromatic carbocycles. The van der Waals surface area contributed by atoms with Gasteiger partial charge in [0.1, 0.15) is 0 Å². The van der Waals surface area contributed by atoms with E-state index in [4.69, 9.17) is 15.4 Å². The molecule has 0 aliphatic carbocycles. The third kappa shape index (κ3) is 4.77. The van der Waals surface area contributed by atoms with Gasteiger partial charge in [0.15, 0.2) is 0 Å². The van der Waals surface area contributed by atoms with Crippen molar-refractivity contribution in [1.82, 2.24) is 4.90 Å². The van der Waals surface area contributed by atoms with E-state index < -0.39 is 9.05 Å². The number of nitrogens with zero attached hydrogens (tertiary/aromatic N) is 1. The van der Waals surface area contributed by atoms with Gasteiger partial charge in [0.25, 0.3) is 15.0 Å². The van der Waals surface area contributed by atoms with Gasteiger partial charge in [-0.2, -0.15) is 0 Å². The van der Waals surface area contributed by atoms with Gasteiger partial charge in [-0.25, -0.2) is 8.42 Å². The third-order valence-electron chi connectivity index (χ3n) is 2.77. The minimum absolute atomic E-state index is 0.0622. The van der Waals surface area contributed by atoms with E-state index in [2.05, 4.69) is 0 Å². The van der Waals surface area contributed by atoms with E-state index in [1.807, 2.05) is 0 Å². The van der Waals surface area contributed by atoms with Crippen LogP contribution in [-0.4, -0.2) is 46.5 Å². The maximum atomic E-state index is 12.2. The first-order valence-electron chi connectivity index (χ1n) is 6.06. The van der Waals surface area contributed by atoms with Crippen LogP contribution in [0.3, 0.4) is 0 Å². The molecular formula is C13H18ClNO4S. The van der Waals surface area contributed by atoms with Gasteiger partial charge >= 0.3 is 0 Å². The number of carbonyl (C=O) groups is 1. The molecule has 1 aromatic rings. The Morgan fingerprint density at radius 3 is 2.55 bits per heavy atom. The fourth-order valence-electron chi connectivity index (χ4n) is 1.78. The van der Waals surface area contributed by atoms with Gasteiger partial charge < -0.3 is 9.64 Å². The minimum Gasteiger partial charge on any atom is -0.385 e. The number of aryl methyl sites for hydroxylation is 1. The van der Waals surface area contributed by atoms with Crippen LogP contribution < -0.4 is 0 Å². The minimum atomic E-state index is -3.85. The molecule has 0 spiro atoms. The van der Waals surface area contributed by atoms with Crippen LogP contribution in [0.2, 0.25) is 0 Å². The standard InChI is InChI=1S/C13H18ClNO4S/c1-10-7-11(9-12(8-10)20(14,17)18)13(16)15(2)5-4-6-19-3/h7-9H,4-6H2,1-3H3. The molecule has 5 nitrogen and oxygen atoms in total. The second-order valence-corrected chi connectivity index (χ2v) is 7.11. The smallest absolute Gasteiger partial charge is 0.261 e. The van der Waals surface area contributed by atoms with Gasteiger partial charge in [0.2, 0.25) is 0 Å². The summed E-state index contributed by atoms with van der Waals surface area (Å²) in [5.74, 6) is -0.244. The van der Waals surface area contributed by atoms with Crippen molar-refractivity contribution < 1.29 is 17.9 Å². The Kier molecular flexibility index (Phi) is 5.98. The molecule has 0 aliphatic rings. The number of hydrogen-bond donors (Lipinski definition) is 0. The second kappa shape index (κ2) is 7.06. The average molecular weight is 320 g/mol. The number of methoxy groups -OCH3 is 1. The quantitative estimate of drug-likeness (QED) is 0.594. The number of carbonyl (C=O) groups excluding carboxylic acids is 1. The predicted molar refractivity (Wildman–Crippen MR) is 77.7 cm³/mol. The molecule has 0 aromatic heterocycles. The lowest BCUT2D eigenvalue weighted by atomic mass is 10.1. The highest BCUT2D eigenvalue weighted by Crippen LogP contribution is 2.19. The van der Waals surface area contributed by atoms with Crippen LogP contribution in [0.15, 0.2) is 23.1 Å². The van der Waals surface area contributed by atoms with Crippen molar-refractivity contribution in [1.29, 1.82) is 0 Å². The van der Waals surface area contributed by atoms with Gasteiger partial charge in [0.05, 0.1) is 4.90 Å². The summed E-state index contributed by atoms with van der Waals surface area (Å²) in [4.78, 5) is 13.7. The van der Waals surface area contributed by atoms with Crippen molar-refractivity contribution in [3.63, 3.8) is 0 Å². The number of benzene rings is 1. The molecule has 1 rings (SSSR count). The fourth-order valence-corrected chi connectivity index (χ4v) is 2.64. The van der Waals surface area contributed by atoms with Crippen molar-refractivity contribution in [3.8, 4) is 0 Å². The van der Waals surface area contributed by atoms with E-state index in [1.54, 1.807) is 27.1 Å². The molecule has 0 bridgehead atoms. The Labute approximate surface area is 123 Å². The zero-order valence-corrected chi connectivity index (χ0v) is 13.3. The molecule has 20 heavy (non-hydrogen) atoms. The van der Waals surface area contributed by atoms with Gasteiger partial charge in [-0.1, -0.05) is 0 Å².